The number of benzene rings is 1. The molecule has 1 heterocycles. The largest absolute Gasteiger partial charge is 0.331 e. The van der Waals surface area contributed by atoms with Crippen LogP contribution in [0.15, 0.2) is 28.7 Å². The van der Waals surface area contributed by atoms with Crippen molar-refractivity contribution in [3.63, 3.8) is 0 Å². The smallest absolute Gasteiger partial charge is 0.225 e. The molecule has 2 atom stereocenters. The van der Waals surface area contributed by atoms with Crippen LogP contribution in [0.3, 0.4) is 0 Å². The second kappa shape index (κ2) is 4.10. The predicted octanol–water partition coefficient (Wildman–Crippen LogP) is 2.21. The van der Waals surface area contributed by atoms with Gasteiger partial charge in [-0.25, -0.2) is 0 Å². The molecule has 17 heavy (non-hydrogen) atoms. The molecule has 1 aliphatic heterocycles. The van der Waals surface area contributed by atoms with E-state index in [9.17, 15) is 4.79 Å². The quantitative estimate of drug-likeness (QED) is 0.909. The molecule has 1 aliphatic carbocycles. The van der Waals surface area contributed by atoms with Gasteiger partial charge in [-0.1, -0.05) is 28.1 Å². The zero-order valence-electron chi connectivity index (χ0n) is 9.47. The highest BCUT2D eigenvalue weighted by Crippen LogP contribution is 2.41. The Labute approximate surface area is 109 Å². The molecule has 1 aromatic rings. The number of carbonyl (C=O) groups excluding carboxylic acids is 1. The van der Waals surface area contributed by atoms with Crippen molar-refractivity contribution in [1.82, 2.24) is 4.90 Å². The number of likely N-dealkylation sites (tertiary alicyclic amines) is 1. The summed E-state index contributed by atoms with van der Waals surface area (Å²) in [5, 5.41) is 0. The lowest BCUT2D eigenvalue weighted by atomic mass is 10.0. The highest BCUT2D eigenvalue weighted by Gasteiger charge is 2.45. The van der Waals surface area contributed by atoms with Gasteiger partial charge >= 0.3 is 0 Å². The van der Waals surface area contributed by atoms with E-state index in [4.69, 9.17) is 5.73 Å². The monoisotopic (exact) mass is 294 g/mol. The molecule has 90 valence electrons. The lowest BCUT2D eigenvalue weighted by molar-refractivity contribution is -0.129. The van der Waals surface area contributed by atoms with Crippen LogP contribution in [0.1, 0.15) is 30.9 Å². The molecule has 2 unspecified atom stereocenters. The molecular formula is C13H15BrN2O. The van der Waals surface area contributed by atoms with E-state index in [-0.39, 0.29) is 18.0 Å². The molecule has 1 amide bonds. The zero-order valence-corrected chi connectivity index (χ0v) is 11.1. The summed E-state index contributed by atoms with van der Waals surface area (Å²) in [6.07, 6.45) is 2.74. The summed E-state index contributed by atoms with van der Waals surface area (Å²) in [7, 11) is 0. The van der Waals surface area contributed by atoms with E-state index in [0.717, 1.165) is 22.9 Å². The number of carbonyl (C=O) groups is 1. The Morgan fingerprint density at radius 3 is 2.76 bits per heavy atom. The van der Waals surface area contributed by atoms with Crippen LogP contribution in [0.5, 0.6) is 0 Å². The number of nitrogens with zero attached hydrogens (tertiary/aromatic N) is 1. The maximum atomic E-state index is 12.0. The van der Waals surface area contributed by atoms with Crippen molar-refractivity contribution in [2.45, 2.75) is 37.4 Å². The van der Waals surface area contributed by atoms with Gasteiger partial charge in [-0.05, 0) is 30.5 Å². The molecule has 2 aliphatic rings. The second-order valence-corrected chi connectivity index (χ2v) is 5.82. The molecule has 2 fully saturated rings. The third kappa shape index (κ3) is 2.00. The normalized spacial score (nSPS) is 28.8. The van der Waals surface area contributed by atoms with Crippen LogP contribution in [-0.4, -0.2) is 22.9 Å². The molecule has 1 aromatic carbocycles. The van der Waals surface area contributed by atoms with E-state index in [1.165, 1.54) is 0 Å². The molecule has 3 rings (SSSR count). The van der Waals surface area contributed by atoms with Gasteiger partial charge in [0.1, 0.15) is 0 Å². The summed E-state index contributed by atoms with van der Waals surface area (Å²) in [6, 6.07) is 8.54. The van der Waals surface area contributed by atoms with Crippen molar-refractivity contribution in [3.8, 4) is 0 Å². The molecule has 1 saturated heterocycles. The Bertz CT molecular complexity index is 458. The predicted molar refractivity (Wildman–Crippen MR) is 69.3 cm³/mol. The van der Waals surface area contributed by atoms with Gasteiger partial charge < -0.3 is 10.6 Å². The maximum Gasteiger partial charge on any atom is 0.225 e. The molecule has 0 aromatic heterocycles. The fourth-order valence-electron chi connectivity index (χ4n) is 2.66. The van der Waals surface area contributed by atoms with Gasteiger partial charge in [0.15, 0.2) is 0 Å². The van der Waals surface area contributed by atoms with Crippen LogP contribution in [0.4, 0.5) is 0 Å². The van der Waals surface area contributed by atoms with Crippen LogP contribution < -0.4 is 5.73 Å². The fourth-order valence-corrected chi connectivity index (χ4v) is 3.08. The van der Waals surface area contributed by atoms with Crippen LogP contribution >= 0.6 is 15.9 Å². The van der Waals surface area contributed by atoms with Crippen LogP contribution in [0.2, 0.25) is 0 Å². The van der Waals surface area contributed by atoms with Gasteiger partial charge in [0.25, 0.3) is 0 Å². The summed E-state index contributed by atoms with van der Waals surface area (Å²) >= 11 is 3.47. The van der Waals surface area contributed by atoms with Gasteiger partial charge in [0.2, 0.25) is 5.91 Å². The van der Waals surface area contributed by atoms with Crippen LogP contribution in [0, 0.1) is 0 Å². The summed E-state index contributed by atoms with van der Waals surface area (Å²) < 4.78 is 1.04. The lowest BCUT2D eigenvalue weighted by Crippen LogP contribution is -2.34. The van der Waals surface area contributed by atoms with Gasteiger partial charge in [0, 0.05) is 23.0 Å². The molecule has 0 spiro atoms. The first-order valence-electron chi connectivity index (χ1n) is 5.99. The minimum absolute atomic E-state index is 0.0625. The van der Waals surface area contributed by atoms with Crippen molar-refractivity contribution >= 4 is 21.8 Å². The molecule has 4 heteroatoms. The number of nitrogens with two attached hydrogens (primary N) is 1. The summed E-state index contributed by atoms with van der Waals surface area (Å²) in [5.41, 5.74) is 7.27. The molecule has 3 nitrogen and oxygen atoms in total. The van der Waals surface area contributed by atoms with Gasteiger partial charge in [-0.2, -0.15) is 0 Å². The van der Waals surface area contributed by atoms with Gasteiger partial charge in [-0.15, -0.1) is 0 Å². The van der Waals surface area contributed by atoms with Crippen LogP contribution in [-0.2, 0) is 4.79 Å². The van der Waals surface area contributed by atoms with Crippen molar-refractivity contribution in [2.24, 2.45) is 5.73 Å². The van der Waals surface area contributed by atoms with E-state index in [1.807, 2.05) is 17.0 Å². The first kappa shape index (κ1) is 11.2. The third-order valence-electron chi connectivity index (χ3n) is 3.53. The lowest BCUT2D eigenvalue weighted by Gasteiger charge is -2.27. The van der Waals surface area contributed by atoms with Crippen molar-refractivity contribution in [1.29, 1.82) is 0 Å². The summed E-state index contributed by atoms with van der Waals surface area (Å²) in [4.78, 5) is 14.0. The van der Waals surface area contributed by atoms with E-state index in [2.05, 4.69) is 28.1 Å². The summed E-state index contributed by atoms with van der Waals surface area (Å²) in [5.74, 6) is 0.213. The van der Waals surface area contributed by atoms with Crippen LogP contribution in [0.25, 0.3) is 0 Å². The van der Waals surface area contributed by atoms with Gasteiger partial charge in [0.05, 0.1) is 6.04 Å². The maximum absolute atomic E-state index is 12.0. The first-order chi connectivity index (χ1) is 8.16. The van der Waals surface area contributed by atoms with Gasteiger partial charge in [-0.3, -0.25) is 4.79 Å². The summed E-state index contributed by atoms with van der Waals surface area (Å²) in [6.45, 7) is 0. The Kier molecular flexibility index (Phi) is 2.71. The fraction of sp³-hybridized carbons (Fsp3) is 0.462. The zero-order chi connectivity index (χ0) is 12.0. The highest BCUT2D eigenvalue weighted by molar-refractivity contribution is 9.10. The molecule has 2 N–H and O–H groups in total. The van der Waals surface area contributed by atoms with E-state index < -0.39 is 0 Å². The van der Waals surface area contributed by atoms with E-state index in [0.29, 0.717) is 12.5 Å². The number of amides is 1. The highest BCUT2D eigenvalue weighted by atomic mass is 79.9. The molecule has 1 saturated carbocycles. The number of hydrogen-bond donors (Lipinski definition) is 1. The van der Waals surface area contributed by atoms with Crippen molar-refractivity contribution in [2.75, 3.05) is 0 Å². The Balaban J connectivity index is 1.96. The number of hydrogen-bond acceptors (Lipinski definition) is 2. The average molecular weight is 295 g/mol. The molecule has 0 radical (unpaired) electrons. The molecular weight excluding hydrogens is 280 g/mol. The molecule has 0 bridgehead atoms. The SMILES string of the molecule is NC1CC(=O)N(C2CC2)C1c1cccc(Br)c1. The Morgan fingerprint density at radius 1 is 1.35 bits per heavy atom. The third-order valence-corrected chi connectivity index (χ3v) is 4.03. The van der Waals surface area contributed by atoms with E-state index >= 15 is 0 Å². The average Bonchev–Trinajstić information content (AvgIpc) is 3.04. The topological polar surface area (TPSA) is 46.3 Å². The van der Waals surface area contributed by atoms with Crippen molar-refractivity contribution in [3.05, 3.63) is 34.3 Å². The Hall–Kier alpha value is -0.870. The van der Waals surface area contributed by atoms with Crippen molar-refractivity contribution < 1.29 is 4.79 Å². The second-order valence-electron chi connectivity index (χ2n) is 4.90. The minimum Gasteiger partial charge on any atom is -0.331 e. The number of halogens is 1. The first-order valence-corrected chi connectivity index (χ1v) is 6.78. The number of rotatable bonds is 2. The standard InChI is InChI=1S/C13H15BrN2O/c14-9-3-1-2-8(6-9)13-11(15)7-12(17)16(13)10-4-5-10/h1-3,6,10-11,13H,4-5,7,15H2. The minimum atomic E-state index is -0.0719. The van der Waals surface area contributed by atoms with E-state index in [1.54, 1.807) is 0 Å². The Morgan fingerprint density at radius 2 is 2.12 bits per heavy atom.